The van der Waals surface area contributed by atoms with Crippen LogP contribution in [0.5, 0.6) is 0 Å². The maximum absolute atomic E-state index is 11.3. The lowest BCUT2D eigenvalue weighted by Crippen LogP contribution is -2.25. The molecular weight excluding hydrogens is 188 g/mol. The van der Waals surface area contributed by atoms with Gasteiger partial charge in [-0.2, -0.15) is 0 Å². The lowest BCUT2D eigenvalue weighted by Gasteiger charge is -2.01. The first-order valence-electron chi connectivity index (χ1n) is 4.01. The van der Waals surface area contributed by atoms with Crippen LogP contribution in [0.15, 0.2) is 18.3 Å². The summed E-state index contributed by atoms with van der Waals surface area (Å²) in [6.07, 6.45) is 1.55. The van der Waals surface area contributed by atoms with Crippen LogP contribution in [0.3, 0.4) is 0 Å². The number of hydrogen-bond donors (Lipinski definition) is 1. The van der Waals surface area contributed by atoms with E-state index < -0.39 is 0 Å². The number of carbonyl (C=O) groups excluding carboxylic acids is 1. The van der Waals surface area contributed by atoms with Gasteiger partial charge in [-0.15, -0.1) is 11.6 Å². The van der Waals surface area contributed by atoms with Crippen molar-refractivity contribution in [3.05, 3.63) is 29.6 Å². The van der Waals surface area contributed by atoms with Gasteiger partial charge in [-0.1, -0.05) is 0 Å². The average molecular weight is 199 g/mol. The summed E-state index contributed by atoms with van der Waals surface area (Å²) >= 11 is 5.43. The molecule has 0 fully saturated rings. The van der Waals surface area contributed by atoms with E-state index in [1.165, 1.54) is 0 Å². The van der Waals surface area contributed by atoms with Crippen LogP contribution in [-0.2, 0) is 0 Å². The number of aromatic nitrogens is 1. The van der Waals surface area contributed by atoms with Gasteiger partial charge in [0.25, 0.3) is 5.91 Å². The zero-order chi connectivity index (χ0) is 9.68. The smallest absolute Gasteiger partial charge is 0.252 e. The lowest BCUT2D eigenvalue weighted by atomic mass is 10.2. The Labute approximate surface area is 82.1 Å². The van der Waals surface area contributed by atoms with Crippen molar-refractivity contribution in [1.82, 2.24) is 10.3 Å². The maximum Gasteiger partial charge on any atom is 0.252 e. The Hall–Kier alpha value is -1.09. The SMILES string of the molecule is Cc1ccc(C(=O)NCCCl)cn1. The van der Waals surface area contributed by atoms with Gasteiger partial charge in [0.15, 0.2) is 0 Å². The van der Waals surface area contributed by atoms with Gasteiger partial charge in [-0.3, -0.25) is 9.78 Å². The molecule has 0 atom stereocenters. The number of alkyl halides is 1. The highest BCUT2D eigenvalue weighted by Crippen LogP contribution is 1.98. The van der Waals surface area contributed by atoms with Crippen molar-refractivity contribution in [2.45, 2.75) is 6.92 Å². The van der Waals surface area contributed by atoms with Crippen molar-refractivity contribution in [2.75, 3.05) is 12.4 Å². The molecule has 4 heteroatoms. The molecule has 3 nitrogen and oxygen atoms in total. The molecular formula is C9H11ClN2O. The zero-order valence-electron chi connectivity index (χ0n) is 7.38. The highest BCUT2D eigenvalue weighted by atomic mass is 35.5. The van der Waals surface area contributed by atoms with Crippen molar-refractivity contribution in [3.63, 3.8) is 0 Å². The van der Waals surface area contributed by atoms with E-state index in [-0.39, 0.29) is 5.91 Å². The summed E-state index contributed by atoms with van der Waals surface area (Å²) in [5.74, 6) is 0.290. The van der Waals surface area contributed by atoms with Crippen LogP contribution in [0, 0.1) is 6.92 Å². The molecule has 70 valence electrons. The van der Waals surface area contributed by atoms with E-state index in [0.717, 1.165) is 5.69 Å². The summed E-state index contributed by atoms with van der Waals surface area (Å²) in [7, 11) is 0. The molecule has 0 saturated carbocycles. The first kappa shape index (κ1) is 9.99. The van der Waals surface area contributed by atoms with E-state index >= 15 is 0 Å². The van der Waals surface area contributed by atoms with Crippen LogP contribution in [0.2, 0.25) is 0 Å². The first-order valence-corrected chi connectivity index (χ1v) is 4.54. The van der Waals surface area contributed by atoms with E-state index in [1.807, 2.05) is 6.92 Å². The fourth-order valence-corrected chi connectivity index (χ4v) is 0.959. The van der Waals surface area contributed by atoms with Gasteiger partial charge in [0.1, 0.15) is 0 Å². The molecule has 0 aliphatic heterocycles. The molecule has 0 aromatic carbocycles. The average Bonchev–Trinajstić information content (AvgIpc) is 2.15. The largest absolute Gasteiger partial charge is 0.351 e. The van der Waals surface area contributed by atoms with Crippen molar-refractivity contribution in [2.24, 2.45) is 0 Å². The van der Waals surface area contributed by atoms with E-state index in [1.54, 1.807) is 18.3 Å². The normalized spacial score (nSPS) is 9.69. The minimum Gasteiger partial charge on any atom is -0.351 e. The Balaban J connectivity index is 2.61. The lowest BCUT2D eigenvalue weighted by molar-refractivity contribution is 0.0955. The van der Waals surface area contributed by atoms with Gasteiger partial charge in [0.05, 0.1) is 5.56 Å². The third-order valence-electron chi connectivity index (χ3n) is 1.55. The monoisotopic (exact) mass is 198 g/mol. The topological polar surface area (TPSA) is 42.0 Å². The minimum atomic E-state index is -0.131. The van der Waals surface area contributed by atoms with Gasteiger partial charge in [0, 0.05) is 24.3 Å². The second-order valence-corrected chi connectivity index (χ2v) is 3.01. The van der Waals surface area contributed by atoms with Gasteiger partial charge in [0.2, 0.25) is 0 Å². The Morgan fingerprint density at radius 3 is 2.92 bits per heavy atom. The van der Waals surface area contributed by atoms with E-state index in [0.29, 0.717) is 18.0 Å². The zero-order valence-corrected chi connectivity index (χ0v) is 8.14. The van der Waals surface area contributed by atoms with Crippen molar-refractivity contribution >= 4 is 17.5 Å². The molecule has 0 aliphatic carbocycles. The predicted octanol–water partition coefficient (Wildman–Crippen LogP) is 1.36. The molecule has 1 aromatic rings. The summed E-state index contributed by atoms with van der Waals surface area (Å²) in [4.78, 5) is 15.3. The molecule has 0 spiro atoms. The Morgan fingerprint density at radius 2 is 2.38 bits per heavy atom. The molecule has 0 unspecified atom stereocenters. The number of hydrogen-bond acceptors (Lipinski definition) is 2. The number of pyridine rings is 1. The summed E-state index contributed by atoms with van der Waals surface area (Å²) in [6, 6.07) is 3.54. The minimum absolute atomic E-state index is 0.131. The molecule has 1 aromatic heterocycles. The van der Waals surface area contributed by atoms with E-state index in [2.05, 4.69) is 10.3 Å². The molecule has 0 saturated heterocycles. The number of carbonyl (C=O) groups is 1. The number of amides is 1. The Bertz CT molecular complexity index is 284. The second kappa shape index (κ2) is 4.82. The fourth-order valence-electron chi connectivity index (χ4n) is 0.865. The Morgan fingerprint density at radius 1 is 1.62 bits per heavy atom. The van der Waals surface area contributed by atoms with Crippen LogP contribution < -0.4 is 5.32 Å². The highest BCUT2D eigenvalue weighted by Gasteiger charge is 2.03. The van der Waals surface area contributed by atoms with E-state index in [9.17, 15) is 4.79 Å². The molecule has 0 aliphatic rings. The van der Waals surface area contributed by atoms with Gasteiger partial charge in [-0.25, -0.2) is 0 Å². The molecule has 0 bridgehead atoms. The molecule has 1 heterocycles. The molecule has 13 heavy (non-hydrogen) atoms. The van der Waals surface area contributed by atoms with Crippen LogP contribution >= 0.6 is 11.6 Å². The van der Waals surface area contributed by atoms with E-state index in [4.69, 9.17) is 11.6 Å². The predicted molar refractivity (Wildman–Crippen MR) is 52.0 cm³/mol. The molecule has 1 N–H and O–H groups in total. The number of rotatable bonds is 3. The fraction of sp³-hybridized carbons (Fsp3) is 0.333. The summed E-state index contributed by atoms with van der Waals surface area (Å²) in [5, 5.41) is 2.66. The first-order chi connectivity index (χ1) is 6.24. The Kier molecular flexibility index (Phi) is 3.71. The van der Waals surface area contributed by atoms with Crippen LogP contribution in [0.1, 0.15) is 16.1 Å². The van der Waals surface area contributed by atoms with Crippen molar-refractivity contribution < 1.29 is 4.79 Å². The van der Waals surface area contributed by atoms with Gasteiger partial charge >= 0.3 is 0 Å². The quantitative estimate of drug-likeness (QED) is 0.746. The third-order valence-corrected chi connectivity index (χ3v) is 1.74. The summed E-state index contributed by atoms with van der Waals surface area (Å²) in [5.41, 5.74) is 1.46. The maximum atomic E-state index is 11.3. The highest BCUT2D eigenvalue weighted by molar-refractivity contribution is 6.18. The molecule has 1 rings (SSSR count). The summed E-state index contributed by atoms with van der Waals surface area (Å²) < 4.78 is 0. The molecule has 0 radical (unpaired) electrons. The van der Waals surface area contributed by atoms with Gasteiger partial charge in [-0.05, 0) is 19.1 Å². The number of nitrogens with zero attached hydrogens (tertiary/aromatic N) is 1. The second-order valence-electron chi connectivity index (χ2n) is 2.63. The third kappa shape index (κ3) is 3.03. The number of aryl methyl sites for hydroxylation is 1. The number of nitrogens with one attached hydrogen (secondary N) is 1. The van der Waals surface area contributed by atoms with Crippen LogP contribution in [0.4, 0.5) is 0 Å². The van der Waals surface area contributed by atoms with Crippen LogP contribution in [0.25, 0.3) is 0 Å². The molecule has 1 amide bonds. The summed E-state index contributed by atoms with van der Waals surface area (Å²) in [6.45, 7) is 2.36. The number of halogens is 1. The van der Waals surface area contributed by atoms with Crippen molar-refractivity contribution in [3.8, 4) is 0 Å². The van der Waals surface area contributed by atoms with Crippen LogP contribution in [-0.4, -0.2) is 23.3 Å². The van der Waals surface area contributed by atoms with Gasteiger partial charge < -0.3 is 5.32 Å². The standard InChI is InChI=1S/C9H11ClN2O/c1-7-2-3-8(6-12-7)9(13)11-5-4-10/h2-3,6H,4-5H2,1H3,(H,11,13). The van der Waals surface area contributed by atoms with Crippen molar-refractivity contribution in [1.29, 1.82) is 0 Å².